The van der Waals surface area contributed by atoms with Crippen LogP contribution in [-0.4, -0.2) is 16.1 Å². The summed E-state index contributed by atoms with van der Waals surface area (Å²) in [6.45, 7) is 1.90. The quantitative estimate of drug-likeness (QED) is 0.785. The minimum atomic E-state index is -0.936. The molecule has 0 radical (unpaired) electrons. The molecule has 0 spiro atoms. The monoisotopic (exact) mass is 191 g/mol. The van der Waals surface area contributed by atoms with Crippen molar-refractivity contribution in [3.8, 4) is 0 Å². The number of rotatable bonds is 2. The normalized spacial score (nSPS) is 10.6. The molecular weight excluding hydrogens is 182 g/mol. The van der Waals surface area contributed by atoms with Crippen molar-refractivity contribution < 1.29 is 14.3 Å². The van der Waals surface area contributed by atoms with Gasteiger partial charge in [-0.3, -0.25) is 4.79 Å². The van der Waals surface area contributed by atoms with Crippen LogP contribution in [0.4, 0.5) is 0 Å². The summed E-state index contributed by atoms with van der Waals surface area (Å²) in [6.07, 6.45) is -0.173. The second kappa shape index (κ2) is 3.14. The zero-order valence-electron chi connectivity index (χ0n) is 7.65. The van der Waals surface area contributed by atoms with Gasteiger partial charge in [0.2, 0.25) is 5.89 Å². The second-order valence-corrected chi connectivity index (χ2v) is 3.10. The van der Waals surface area contributed by atoms with Crippen LogP contribution in [0, 0.1) is 6.92 Å². The summed E-state index contributed by atoms with van der Waals surface area (Å²) >= 11 is 0. The zero-order chi connectivity index (χ0) is 10.1. The van der Waals surface area contributed by atoms with Crippen LogP contribution >= 0.6 is 0 Å². The van der Waals surface area contributed by atoms with E-state index >= 15 is 0 Å². The fraction of sp³-hybridized carbons (Fsp3) is 0.200. The third-order valence-electron chi connectivity index (χ3n) is 1.96. The highest BCUT2D eigenvalue weighted by atomic mass is 16.4. The summed E-state index contributed by atoms with van der Waals surface area (Å²) in [5, 5.41) is 8.56. The van der Waals surface area contributed by atoms with E-state index < -0.39 is 5.97 Å². The number of aromatic nitrogens is 1. The summed E-state index contributed by atoms with van der Waals surface area (Å²) < 4.78 is 5.32. The predicted octanol–water partition coefficient (Wildman–Crippen LogP) is 1.76. The van der Waals surface area contributed by atoms with Crippen molar-refractivity contribution in [1.82, 2.24) is 4.98 Å². The number of benzene rings is 1. The van der Waals surface area contributed by atoms with Gasteiger partial charge in [-0.15, -0.1) is 0 Å². The lowest BCUT2D eigenvalue weighted by molar-refractivity contribution is -0.136. The second-order valence-electron chi connectivity index (χ2n) is 3.10. The highest BCUT2D eigenvalue weighted by Crippen LogP contribution is 2.19. The van der Waals surface area contributed by atoms with E-state index in [9.17, 15) is 4.79 Å². The van der Waals surface area contributed by atoms with Gasteiger partial charge in [0, 0.05) is 0 Å². The molecule has 0 saturated carbocycles. The Morgan fingerprint density at radius 1 is 1.57 bits per heavy atom. The van der Waals surface area contributed by atoms with E-state index in [2.05, 4.69) is 4.98 Å². The number of fused-ring (bicyclic) bond motifs is 1. The van der Waals surface area contributed by atoms with Gasteiger partial charge >= 0.3 is 5.97 Å². The van der Waals surface area contributed by atoms with Gasteiger partial charge in [0.05, 0.1) is 0 Å². The summed E-state index contributed by atoms with van der Waals surface area (Å²) in [6, 6.07) is 5.57. The van der Waals surface area contributed by atoms with E-state index in [0.717, 1.165) is 5.56 Å². The minimum absolute atomic E-state index is 0.173. The number of carboxylic acids is 1. The molecule has 0 aliphatic rings. The van der Waals surface area contributed by atoms with Crippen LogP contribution in [0.15, 0.2) is 22.6 Å². The lowest BCUT2D eigenvalue weighted by atomic mass is 10.2. The number of hydrogen-bond donors (Lipinski definition) is 1. The first-order valence-electron chi connectivity index (χ1n) is 4.23. The van der Waals surface area contributed by atoms with Gasteiger partial charge in [0.1, 0.15) is 11.9 Å². The summed E-state index contributed by atoms with van der Waals surface area (Å²) in [5.41, 5.74) is 2.34. The Labute approximate surface area is 80.2 Å². The van der Waals surface area contributed by atoms with E-state index in [1.54, 1.807) is 6.07 Å². The van der Waals surface area contributed by atoms with Gasteiger partial charge in [0.15, 0.2) is 5.58 Å². The van der Waals surface area contributed by atoms with Gasteiger partial charge < -0.3 is 9.52 Å². The molecule has 4 nitrogen and oxygen atoms in total. The maximum absolute atomic E-state index is 10.4. The molecule has 0 atom stereocenters. The van der Waals surface area contributed by atoms with E-state index in [4.69, 9.17) is 9.52 Å². The van der Waals surface area contributed by atoms with Crippen LogP contribution < -0.4 is 0 Å². The number of carboxylic acid groups (broad SMARTS) is 1. The van der Waals surface area contributed by atoms with Crippen molar-refractivity contribution in [3.05, 3.63) is 29.7 Å². The standard InChI is InChI=1S/C10H9NO3/c1-6-3-2-4-7-10(6)14-8(11-7)5-9(12)13/h2-4H,5H2,1H3,(H,12,13). The predicted molar refractivity (Wildman–Crippen MR) is 50.1 cm³/mol. The number of aliphatic carboxylic acids is 1. The number of nitrogens with zero attached hydrogens (tertiary/aromatic N) is 1. The van der Waals surface area contributed by atoms with Crippen LogP contribution in [-0.2, 0) is 11.2 Å². The largest absolute Gasteiger partial charge is 0.481 e. The smallest absolute Gasteiger partial charge is 0.312 e. The highest BCUT2D eigenvalue weighted by Gasteiger charge is 2.10. The molecule has 0 bridgehead atoms. The Morgan fingerprint density at radius 3 is 3.00 bits per heavy atom. The SMILES string of the molecule is Cc1cccc2nc(CC(=O)O)oc12. The van der Waals surface area contributed by atoms with Gasteiger partial charge in [0.25, 0.3) is 0 Å². The molecule has 4 heteroatoms. The number of carbonyl (C=O) groups is 1. The third kappa shape index (κ3) is 1.46. The van der Waals surface area contributed by atoms with Crippen LogP contribution in [0.5, 0.6) is 0 Å². The van der Waals surface area contributed by atoms with E-state index in [-0.39, 0.29) is 12.3 Å². The first-order chi connectivity index (χ1) is 6.66. The third-order valence-corrected chi connectivity index (χ3v) is 1.96. The van der Waals surface area contributed by atoms with E-state index in [1.165, 1.54) is 0 Å². The molecular formula is C10H9NO3. The van der Waals surface area contributed by atoms with Gasteiger partial charge in [-0.25, -0.2) is 4.98 Å². The van der Waals surface area contributed by atoms with Gasteiger partial charge in [-0.1, -0.05) is 12.1 Å². The lowest BCUT2D eigenvalue weighted by Crippen LogP contribution is -1.99. The molecule has 0 amide bonds. The molecule has 2 aromatic rings. The Hall–Kier alpha value is -1.84. The van der Waals surface area contributed by atoms with Crippen molar-refractivity contribution in [1.29, 1.82) is 0 Å². The van der Waals surface area contributed by atoms with E-state index in [0.29, 0.717) is 11.1 Å². The van der Waals surface area contributed by atoms with Crippen molar-refractivity contribution in [2.75, 3.05) is 0 Å². The molecule has 1 aromatic heterocycles. The fourth-order valence-corrected chi connectivity index (χ4v) is 1.34. The topological polar surface area (TPSA) is 63.3 Å². The van der Waals surface area contributed by atoms with Crippen LogP contribution in [0.3, 0.4) is 0 Å². The van der Waals surface area contributed by atoms with Gasteiger partial charge in [-0.05, 0) is 18.6 Å². The average molecular weight is 191 g/mol. The van der Waals surface area contributed by atoms with Crippen molar-refractivity contribution in [2.45, 2.75) is 13.3 Å². The molecule has 0 aliphatic carbocycles. The number of para-hydroxylation sites is 1. The maximum Gasteiger partial charge on any atom is 0.312 e. The molecule has 14 heavy (non-hydrogen) atoms. The highest BCUT2D eigenvalue weighted by molar-refractivity contribution is 5.77. The lowest BCUT2D eigenvalue weighted by Gasteiger charge is -1.89. The minimum Gasteiger partial charge on any atom is -0.481 e. The molecule has 72 valence electrons. The van der Waals surface area contributed by atoms with Crippen LogP contribution in [0.1, 0.15) is 11.5 Å². The Balaban J connectivity index is 2.51. The Kier molecular flexibility index (Phi) is 1.96. The van der Waals surface area contributed by atoms with E-state index in [1.807, 2.05) is 19.1 Å². The summed E-state index contributed by atoms with van der Waals surface area (Å²) in [7, 11) is 0. The zero-order valence-corrected chi connectivity index (χ0v) is 7.65. The molecule has 0 aliphatic heterocycles. The molecule has 1 N–H and O–H groups in total. The van der Waals surface area contributed by atoms with Crippen molar-refractivity contribution >= 4 is 17.1 Å². The number of oxazole rings is 1. The first kappa shape index (κ1) is 8.74. The van der Waals surface area contributed by atoms with Crippen molar-refractivity contribution in [2.24, 2.45) is 0 Å². The molecule has 1 heterocycles. The van der Waals surface area contributed by atoms with Crippen molar-refractivity contribution in [3.63, 3.8) is 0 Å². The number of hydrogen-bond acceptors (Lipinski definition) is 3. The molecule has 2 rings (SSSR count). The number of aryl methyl sites for hydroxylation is 1. The average Bonchev–Trinajstić information content (AvgIpc) is 2.47. The Morgan fingerprint density at radius 2 is 2.36 bits per heavy atom. The molecule has 0 saturated heterocycles. The van der Waals surface area contributed by atoms with Crippen LogP contribution in [0.2, 0.25) is 0 Å². The Bertz CT molecular complexity index is 487. The molecule has 0 unspecified atom stereocenters. The fourth-order valence-electron chi connectivity index (χ4n) is 1.34. The first-order valence-corrected chi connectivity index (χ1v) is 4.23. The van der Waals surface area contributed by atoms with Crippen LogP contribution in [0.25, 0.3) is 11.1 Å². The van der Waals surface area contributed by atoms with Gasteiger partial charge in [-0.2, -0.15) is 0 Å². The molecule has 1 aromatic carbocycles. The maximum atomic E-state index is 10.4. The summed E-state index contributed by atoms with van der Waals surface area (Å²) in [4.78, 5) is 14.5. The molecule has 0 fully saturated rings. The summed E-state index contributed by atoms with van der Waals surface area (Å²) in [5.74, 6) is -0.684.